The lowest BCUT2D eigenvalue weighted by Gasteiger charge is -2.15. The van der Waals surface area contributed by atoms with Gasteiger partial charge in [0.2, 0.25) is 0 Å². The Bertz CT molecular complexity index is 238. The van der Waals surface area contributed by atoms with E-state index in [4.69, 9.17) is 0 Å². The van der Waals surface area contributed by atoms with E-state index in [9.17, 15) is 9.59 Å². The molecule has 0 bridgehead atoms. The molecule has 1 fully saturated rings. The van der Waals surface area contributed by atoms with Crippen molar-refractivity contribution >= 4 is 23.3 Å². The molecule has 1 aliphatic carbocycles. The Morgan fingerprint density at radius 3 is 2.33 bits per heavy atom. The van der Waals surface area contributed by atoms with Crippen LogP contribution in [-0.2, 0) is 4.79 Å². The van der Waals surface area contributed by atoms with E-state index < -0.39 is 0 Å². The van der Waals surface area contributed by atoms with Gasteiger partial charge in [0.1, 0.15) is 6.29 Å². The highest BCUT2D eigenvalue weighted by molar-refractivity contribution is 8.14. The molecule has 0 radical (unpaired) electrons. The van der Waals surface area contributed by atoms with Gasteiger partial charge >= 0.3 is 0 Å². The molecule has 0 saturated heterocycles. The number of carbonyl (C=O) groups excluding carboxylic acids is 2. The molecule has 0 aromatic carbocycles. The van der Waals surface area contributed by atoms with Gasteiger partial charge in [0.25, 0.3) is 5.24 Å². The third-order valence-corrected chi connectivity index (χ3v) is 3.91. The highest BCUT2D eigenvalue weighted by Crippen LogP contribution is 2.29. The number of amides is 1. The zero-order valence-electron chi connectivity index (χ0n) is 12.1. The summed E-state index contributed by atoms with van der Waals surface area (Å²) in [6.07, 6.45) is 6.29. The highest BCUT2D eigenvalue weighted by Gasteiger charge is 2.21. The zero-order chi connectivity index (χ0) is 14.0. The van der Waals surface area contributed by atoms with Crippen molar-refractivity contribution in [2.24, 2.45) is 5.92 Å². The minimum Gasteiger partial charge on any atom is -0.337 e. The average molecular weight is 273 g/mol. The summed E-state index contributed by atoms with van der Waals surface area (Å²) in [7, 11) is 0. The molecule has 1 aliphatic rings. The van der Waals surface area contributed by atoms with E-state index in [0.29, 0.717) is 11.2 Å². The van der Waals surface area contributed by atoms with Gasteiger partial charge in [-0.1, -0.05) is 52.3 Å². The fourth-order valence-electron chi connectivity index (χ4n) is 2.00. The van der Waals surface area contributed by atoms with E-state index in [1.54, 1.807) is 0 Å². The van der Waals surface area contributed by atoms with Crippen LogP contribution in [0.2, 0.25) is 0 Å². The molecular weight excluding hydrogens is 246 g/mol. The Morgan fingerprint density at radius 1 is 1.33 bits per heavy atom. The molecule has 3 nitrogen and oxygen atoms in total. The Kier molecular flexibility index (Phi) is 10.1. The number of hydrogen-bond acceptors (Lipinski definition) is 3. The Balaban J connectivity index is 0.00000137. The Labute approximate surface area is 115 Å². The van der Waals surface area contributed by atoms with E-state index in [-0.39, 0.29) is 11.3 Å². The van der Waals surface area contributed by atoms with Gasteiger partial charge < -0.3 is 10.1 Å². The van der Waals surface area contributed by atoms with Gasteiger partial charge in [-0.15, -0.1) is 0 Å². The third kappa shape index (κ3) is 7.75. The van der Waals surface area contributed by atoms with Crippen LogP contribution in [0, 0.1) is 5.92 Å². The first kappa shape index (κ1) is 17.5. The fourth-order valence-corrected chi connectivity index (χ4v) is 3.09. The molecule has 0 aliphatic heterocycles. The summed E-state index contributed by atoms with van der Waals surface area (Å²) in [6.45, 7) is 8.10. The number of nitrogens with one attached hydrogen (secondary N) is 1. The van der Waals surface area contributed by atoms with Crippen LogP contribution >= 0.6 is 11.8 Å². The third-order valence-electron chi connectivity index (χ3n) is 2.77. The molecule has 106 valence electrons. The molecule has 1 saturated carbocycles. The lowest BCUT2D eigenvalue weighted by Crippen LogP contribution is -2.35. The van der Waals surface area contributed by atoms with Gasteiger partial charge in [0.15, 0.2) is 0 Å². The number of carbonyl (C=O) groups is 2. The largest absolute Gasteiger partial charge is 0.337 e. The van der Waals surface area contributed by atoms with Crippen molar-refractivity contribution < 1.29 is 9.59 Å². The molecule has 18 heavy (non-hydrogen) atoms. The number of rotatable bonds is 5. The van der Waals surface area contributed by atoms with E-state index in [1.165, 1.54) is 24.6 Å². The molecule has 4 heteroatoms. The van der Waals surface area contributed by atoms with Gasteiger partial charge in [0, 0.05) is 5.25 Å². The van der Waals surface area contributed by atoms with Crippen LogP contribution in [0.25, 0.3) is 0 Å². The molecule has 1 N–H and O–H groups in total. The van der Waals surface area contributed by atoms with E-state index in [2.05, 4.69) is 5.32 Å². The molecule has 1 rings (SSSR count). The first-order valence-corrected chi connectivity index (χ1v) is 7.92. The van der Waals surface area contributed by atoms with Crippen LogP contribution in [0.3, 0.4) is 0 Å². The molecule has 0 aromatic heterocycles. The smallest absolute Gasteiger partial charge is 0.279 e. The van der Waals surface area contributed by atoms with Crippen LogP contribution in [0.15, 0.2) is 0 Å². The first-order valence-electron chi connectivity index (χ1n) is 7.04. The van der Waals surface area contributed by atoms with Crippen LogP contribution in [0.4, 0.5) is 4.79 Å². The summed E-state index contributed by atoms with van der Waals surface area (Å²) in [4.78, 5) is 22.4. The molecular formula is C14H27NO2S. The highest BCUT2D eigenvalue weighted by atomic mass is 32.2. The summed E-state index contributed by atoms with van der Waals surface area (Å²) >= 11 is 1.37. The second kappa shape index (κ2) is 10.4. The van der Waals surface area contributed by atoms with E-state index in [0.717, 1.165) is 25.5 Å². The van der Waals surface area contributed by atoms with Gasteiger partial charge in [-0.05, 0) is 25.2 Å². The van der Waals surface area contributed by atoms with Crippen molar-refractivity contribution in [3.8, 4) is 0 Å². The molecule has 0 unspecified atom stereocenters. The summed E-state index contributed by atoms with van der Waals surface area (Å²) in [6, 6.07) is -0.318. The topological polar surface area (TPSA) is 46.2 Å². The lowest BCUT2D eigenvalue weighted by atomic mass is 10.1. The quantitative estimate of drug-likeness (QED) is 0.770. The number of aldehydes is 1. The van der Waals surface area contributed by atoms with Gasteiger partial charge in [-0.2, -0.15) is 0 Å². The van der Waals surface area contributed by atoms with Crippen molar-refractivity contribution in [1.29, 1.82) is 0 Å². The zero-order valence-corrected chi connectivity index (χ0v) is 12.9. The van der Waals surface area contributed by atoms with Crippen LogP contribution < -0.4 is 5.32 Å². The number of thioether (sulfide) groups is 1. The van der Waals surface area contributed by atoms with Crippen molar-refractivity contribution in [3.05, 3.63) is 0 Å². The van der Waals surface area contributed by atoms with Gasteiger partial charge in [-0.25, -0.2) is 0 Å². The summed E-state index contributed by atoms with van der Waals surface area (Å²) in [5.74, 6) is 0.423. The second-order valence-electron chi connectivity index (χ2n) is 4.83. The standard InChI is InChI=1S/C12H21NO2S.C2H6/c1-9(2)7-10(8-14)13-12(15)16-11-5-3-4-6-11;1-2/h8-11H,3-7H2,1-2H3,(H,13,15);1-2H3/t10-;/m0./s1. The fraction of sp³-hybridized carbons (Fsp3) is 0.857. The van der Waals surface area contributed by atoms with E-state index in [1.807, 2.05) is 27.7 Å². The van der Waals surface area contributed by atoms with Crippen molar-refractivity contribution in [3.63, 3.8) is 0 Å². The van der Waals surface area contributed by atoms with Crippen molar-refractivity contribution in [2.45, 2.75) is 71.1 Å². The molecule has 1 atom stereocenters. The molecule has 0 heterocycles. The SMILES string of the molecule is CC.CC(C)C[C@@H](C=O)NC(=O)SC1CCCC1. The van der Waals surface area contributed by atoms with Gasteiger partial charge in [0.05, 0.1) is 6.04 Å². The summed E-state index contributed by atoms with van der Waals surface area (Å²) < 4.78 is 0. The first-order chi connectivity index (χ1) is 8.61. The normalized spacial score (nSPS) is 16.9. The Morgan fingerprint density at radius 2 is 1.89 bits per heavy atom. The predicted octanol–water partition coefficient (Wildman–Crippen LogP) is 4.01. The number of hydrogen-bond donors (Lipinski definition) is 1. The Hall–Kier alpha value is -0.510. The lowest BCUT2D eigenvalue weighted by molar-refractivity contribution is -0.109. The van der Waals surface area contributed by atoms with Crippen LogP contribution in [0.5, 0.6) is 0 Å². The van der Waals surface area contributed by atoms with Gasteiger partial charge in [-0.3, -0.25) is 4.79 Å². The maximum Gasteiger partial charge on any atom is 0.279 e. The van der Waals surface area contributed by atoms with Crippen molar-refractivity contribution in [1.82, 2.24) is 5.32 Å². The maximum atomic E-state index is 11.6. The average Bonchev–Trinajstić information content (AvgIpc) is 2.82. The minimum absolute atomic E-state index is 0.0374. The molecule has 1 amide bonds. The second-order valence-corrected chi connectivity index (χ2v) is 6.10. The monoisotopic (exact) mass is 273 g/mol. The molecule has 0 aromatic rings. The molecule has 0 spiro atoms. The summed E-state index contributed by atoms with van der Waals surface area (Å²) in [5.41, 5.74) is 0. The minimum atomic E-state index is -0.318. The van der Waals surface area contributed by atoms with Crippen LogP contribution in [0.1, 0.15) is 59.8 Å². The maximum absolute atomic E-state index is 11.6. The predicted molar refractivity (Wildman–Crippen MR) is 79.0 cm³/mol. The summed E-state index contributed by atoms with van der Waals surface area (Å²) in [5, 5.41) is 3.21. The van der Waals surface area contributed by atoms with Crippen LogP contribution in [-0.4, -0.2) is 22.8 Å². The van der Waals surface area contributed by atoms with E-state index >= 15 is 0 Å². The van der Waals surface area contributed by atoms with Crippen molar-refractivity contribution in [2.75, 3.05) is 0 Å².